The summed E-state index contributed by atoms with van der Waals surface area (Å²) in [4.78, 5) is 12.1. The summed E-state index contributed by atoms with van der Waals surface area (Å²) in [5.41, 5.74) is 1.28. The van der Waals surface area contributed by atoms with Gasteiger partial charge in [0.1, 0.15) is 11.3 Å². The SMILES string of the molecule is O=c1oc2cc(O)ccc2c2cc(CC3CCOCC3)ccc12. The van der Waals surface area contributed by atoms with Crippen molar-refractivity contribution in [3.05, 3.63) is 52.4 Å². The number of aromatic hydroxyl groups is 1. The molecule has 1 saturated heterocycles. The first kappa shape index (κ1) is 14.3. The average molecular weight is 310 g/mol. The summed E-state index contributed by atoms with van der Waals surface area (Å²) in [7, 11) is 0. The van der Waals surface area contributed by atoms with Crippen molar-refractivity contribution in [2.45, 2.75) is 19.3 Å². The van der Waals surface area contributed by atoms with Crippen LogP contribution in [0.1, 0.15) is 18.4 Å². The molecule has 1 aliphatic rings. The molecule has 0 saturated carbocycles. The van der Waals surface area contributed by atoms with Crippen molar-refractivity contribution in [2.75, 3.05) is 13.2 Å². The first-order valence-electron chi connectivity index (χ1n) is 7.97. The number of hydrogen-bond donors (Lipinski definition) is 1. The third kappa shape index (κ3) is 2.70. The van der Waals surface area contributed by atoms with Gasteiger partial charge in [-0.25, -0.2) is 4.79 Å². The first-order valence-corrected chi connectivity index (χ1v) is 7.97. The van der Waals surface area contributed by atoms with E-state index < -0.39 is 0 Å². The highest BCUT2D eigenvalue weighted by Gasteiger charge is 2.15. The lowest BCUT2D eigenvalue weighted by molar-refractivity contribution is 0.0665. The van der Waals surface area contributed by atoms with Crippen molar-refractivity contribution in [1.29, 1.82) is 0 Å². The van der Waals surface area contributed by atoms with Crippen molar-refractivity contribution < 1.29 is 14.3 Å². The molecule has 3 aromatic rings. The predicted octanol–water partition coefficient (Wildman–Crippen LogP) is 3.62. The van der Waals surface area contributed by atoms with Crippen LogP contribution in [0.15, 0.2) is 45.6 Å². The van der Waals surface area contributed by atoms with E-state index in [0.29, 0.717) is 16.9 Å². The lowest BCUT2D eigenvalue weighted by atomic mass is 9.91. The monoisotopic (exact) mass is 310 g/mol. The topological polar surface area (TPSA) is 59.7 Å². The molecule has 0 atom stereocenters. The fourth-order valence-corrected chi connectivity index (χ4v) is 3.38. The molecule has 2 aromatic carbocycles. The maximum Gasteiger partial charge on any atom is 0.344 e. The number of phenols is 1. The number of hydrogen-bond acceptors (Lipinski definition) is 4. The van der Waals surface area contributed by atoms with Gasteiger partial charge in [0, 0.05) is 30.1 Å². The normalized spacial score (nSPS) is 16.2. The fourth-order valence-electron chi connectivity index (χ4n) is 3.38. The van der Waals surface area contributed by atoms with E-state index in [1.807, 2.05) is 12.1 Å². The molecule has 4 nitrogen and oxygen atoms in total. The van der Waals surface area contributed by atoms with Crippen LogP contribution >= 0.6 is 0 Å². The van der Waals surface area contributed by atoms with Gasteiger partial charge in [-0.2, -0.15) is 0 Å². The molecule has 118 valence electrons. The Bertz CT molecular complexity index is 920. The van der Waals surface area contributed by atoms with E-state index in [0.717, 1.165) is 43.2 Å². The maximum absolute atomic E-state index is 12.1. The van der Waals surface area contributed by atoms with Gasteiger partial charge in [0.15, 0.2) is 0 Å². The molecule has 0 aliphatic carbocycles. The predicted molar refractivity (Wildman–Crippen MR) is 88.9 cm³/mol. The van der Waals surface area contributed by atoms with Gasteiger partial charge in [-0.05, 0) is 48.9 Å². The summed E-state index contributed by atoms with van der Waals surface area (Å²) >= 11 is 0. The van der Waals surface area contributed by atoms with Gasteiger partial charge in [-0.15, -0.1) is 0 Å². The molecule has 4 rings (SSSR count). The Morgan fingerprint density at radius 2 is 1.78 bits per heavy atom. The molecule has 1 aromatic heterocycles. The molecule has 4 heteroatoms. The minimum absolute atomic E-state index is 0.0957. The minimum atomic E-state index is -0.365. The summed E-state index contributed by atoms with van der Waals surface area (Å²) in [6.45, 7) is 1.67. The van der Waals surface area contributed by atoms with E-state index in [1.165, 1.54) is 11.6 Å². The van der Waals surface area contributed by atoms with Gasteiger partial charge >= 0.3 is 5.63 Å². The maximum atomic E-state index is 12.1. The molecular formula is C19H18O4. The summed E-state index contributed by atoms with van der Waals surface area (Å²) in [6.07, 6.45) is 3.17. The Labute approximate surface area is 133 Å². The second kappa shape index (κ2) is 5.70. The first-order chi connectivity index (χ1) is 11.2. The zero-order chi connectivity index (χ0) is 15.8. The molecule has 0 bridgehead atoms. The number of fused-ring (bicyclic) bond motifs is 3. The lowest BCUT2D eigenvalue weighted by Crippen LogP contribution is -2.17. The minimum Gasteiger partial charge on any atom is -0.508 e. The molecule has 2 heterocycles. The van der Waals surface area contributed by atoms with Crippen LogP contribution in [0.5, 0.6) is 5.75 Å². The van der Waals surface area contributed by atoms with E-state index in [2.05, 4.69) is 6.07 Å². The summed E-state index contributed by atoms with van der Waals surface area (Å²) in [5, 5.41) is 11.9. The van der Waals surface area contributed by atoms with Gasteiger partial charge in [0.25, 0.3) is 0 Å². The van der Waals surface area contributed by atoms with Crippen LogP contribution in [0.25, 0.3) is 21.7 Å². The van der Waals surface area contributed by atoms with Gasteiger partial charge < -0.3 is 14.3 Å². The Morgan fingerprint density at radius 3 is 2.61 bits per heavy atom. The Balaban J connectivity index is 1.82. The molecule has 1 fully saturated rings. The highest BCUT2D eigenvalue weighted by atomic mass is 16.5. The number of rotatable bonds is 2. The van der Waals surface area contributed by atoms with Crippen LogP contribution in [-0.2, 0) is 11.2 Å². The summed E-state index contributed by atoms with van der Waals surface area (Å²) < 4.78 is 10.7. The van der Waals surface area contributed by atoms with Crippen molar-refractivity contribution >= 4 is 21.7 Å². The third-order valence-electron chi connectivity index (χ3n) is 4.63. The molecule has 1 aliphatic heterocycles. The standard InChI is InChI=1S/C19H18O4/c20-14-2-4-15-17-10-13(9-12-5-7-22-8-6-12)1-3-16(17)19(21)23-18(15)11-14/h1-4,10-12,20H,5-9H2. The van der Waals surface area contributed by atoms with Gasteiger partial charge in [-0.3, -0.25) is 0 Å². The molecule has 23 heavy (non-hydrogen) atoms. The highest BCUT2D eigenvalue weighted by molar-refractivity contribution is 6.04. The van der Waals surface area contributed by atoms with E-state index in [4.69, 9.17) is 9.15 Å². The van der Waals surface area contributed by atoms with Crippen LogP contribution in [0.3, 0.4) is 0 Å². The van der Waals surface area contributed by atoms with Gasteiger partial charge in [-0.1, -0.05) is 12.1 Å². The quantitative estimate of drug-likeness (QED) is 0.580. The molecule has 0 amide bonds. The largest absolute Gasteiger partial charge is 0.508 e. The lowest BCUT2D eigenvalue weighted by Gasteiger charge is -2.22. The molecular weight excluding hydrogens is 292 g/mol. The number of phenolic OH excluding ortho intramolecular Hbond substituents is 1. The van der Waals surface area contributed by atoms with E-state index in [1.54, 1.807) is 12.1 Å². The Hall–Kier alpha value is -2.33. The number of benzene rings is 2. The second-order valence-corrected chi connectivity index (χ2v) is 6.21. The van der Waals surface area contributed by atoms with Crippen molar-refractivity contribution in [2.24, 2.45) is 5.92 Å². The van der Waals surface area contributed by atoms with E-state index in [9.17, 15) is 9.90 Å². The summed E-state index contributed by atoms with van der Waals surface area (Å²) in [5.74, 6) is 0.731. The van der Waals surface area contributed by atoms with E-state index in [-0.39, 0.29) is 11.4 Å². The number of ether oxygens (including phenoxy) is 1. The molecule has 0 unspecified atom stereocenters. The Morgan fingerprint density at radius 1 is 1.00 bits per heavy atom. The zero-order valence-corrected chi connectivity index (χ0v) is 12.7. The molecule has 0 radical (unpaired) electrons. The smallest absolute Gasteiger partial charge is 0.344 e. The summed E-state index contributed by atoms with van der Waals surface area (Å²) in [6, 6.07) is 10.9. The van der Waals surface area contributed by atoms with Crippen LogP contribution in [-0.4, -0.2) is 18.3 Å². The molecule has 1 N–H and O–H groups in total. The van der Waals surface area contributed by atoms with Crippen LogP contribution in [0.2, 0.25) is 0 Å². The van der Waals surface area contributed by atoms with Crippen LogP contribution in [0.4, 0.5) is 0 Å². The van der Waals surface area contributed by atoms with Crippen LogP contribution in [0, 0.1) is 5.92 Å². The van der Waals surface area contributed by atoms with Gasteiger partial charge in [0.2, 0.25) is 0 Å². The van der Waals surface area contributed by atoms with Crippen molar-refractivity contribution in [3.63, 3.8) is 0 Å². The fraction of sp³-hybridized carbons (Fsp3) is 0.316. The Kier molecular flexibility index (Phi) is 3.54. The second-order valence-electron chi connectivity index (χ2n) is 6.21. The zero-order valence-electron chi connectivity index (χ0n) is 12.7. The molecule has 0 spiro atoms. The highest BCUT2D eigenvalue weighted by Crippen LogP contribution is 2.28. The van der Waals surface area contributed by atoms with Crippen LogP contribution < -0.4 is 5.63 Å². The van der Waals surface area contributed by atoms with E-state index >= 15 is 0 Å². The van der Waals surface area contributed by atoms with Crippen molar-refractivity contribution in [1.82, 2.24) is 0 Å². The van der Waals surface area contributed by atoms with Crippen molar-refractivity contribution in [3.8, 4) is 5.75 Å². The average Bonchev–Trinajstić information content (AvgIpc) is 2.55. The van der Waals surface area contributed by atoms with Gasteiger partial charge in [0.05, 0.1) is 5.39 Å². The third-order valence-corrected chi connectivity index (χ3v) is 4.63.